The van der Waals surface area contributed by atoms with Crippen molar-refractivity contribution in [2.75, 3.05) is 6.26 Å². The van der Waals surface area contributed by atoms with E-state index in [-0.39, 0.29) is 10.3 Å². The number of pyridine rings is 2. The molecule has 0 saturated heterocycles. The highest BCUT2D eigenvalue weighted by molar-refractivity contribution is 7.90. The third kappa shape index (κ3) is 2.42. The number of aromatic amines is 1. The topological polar surface area (TPSA) is 97.7 Å². The van der Waals surface area contributed by atoms with Gasteiger partial charge in [0.05, 0.1) is 21.5 Å². The van der Waals surface area contributed by atoms with Crippen LogP contribution in [0.3, 0.4) is 0 Å². The molecule has 7 nitrogen and oxygen atoms in total. The van der Waals surface area contributed by atoms with Crippen molar-refractivity contribution in [3.05, 3.63) is 58.5 Å². The highest BCUT2D eigenvalue weighted by Gasteiger charge is 2.17. The van der Waals surface area contributed by atoms with Gasteiger partial charge in [0, 0.05) is 17.8 Å². The Morgan fingerprint density at radius 2 is 1.96 bits per heavy atom. The summed E-state index contributed by atoms with van der Waals surface area (Å²) in [6.07, 6.45) is 2.76. The molecule has 0 aliphatic carbocycles. The summed E-state index contributed by atoms with van der Waals surface area (Å²) in [4.78, 5) is 20.5. The van der Waals surface area contributed by atoms with E-state index in [2.05, 4.69) is 15.1 Å². The number of fused-ring (bicyclic) bond motifs is 2. The molecule has 3 heterocycles. The van der Waals surface area contributed by atoms with Crippen LogP contribution in [0, 0.1) is 6.92 Å². The molecule has 4 rings (SSSR count). The van der Waals surface area contributed by atoms with Crippen molar-refractivity contribution in [1.29, 1.82) is 0 Å². The maximum Gasteiger partial charge on any atom is 0.200 e. The second kappa shape index (κ2) is 5.25. The molecule has 0 aliphatic rings. The number of hydrogen-bond acceptors (Lipinski definition) is 5. The minimum atomic E-state index is -3.40. The first-order valence-electron chi connectivity index (χ1n) is 7.53. The number of H-pyrrole nitrogens is 1. The van der Waals surface area contributed by atoms with Gasteiger partial charge in [-0.05, 0) is 37.3 Å². The first-order chi connectivity index (χ1) is 11.9. The lowest BCUT2D eigenvalue weighted by Gasteiger charge is -2.05. The lowest BCUT2D eigenvalue weighted by Crippen LogP contribution is -2.07. The molecule has 1 aromatic carbocycles. The average molecular weight is 354 g/mol. The molecule has 0 aliphatic heterocycles. The van der Waals surface area contributed by atoms with E-state index in [0.29, 0.717) is 33.4 Å². The smallest absolute Gasteiger partial charge is 0.200 e. The molecular weight excluding hydrogens is 340 g/mol. The molecule has 0 saturated carbocycles. The van der Waals surface area contributed by atoms with E-state index in [0.717, 1.165) is 6.26 Å². The number of rotatable bonds is 2. The van der Waals surface area contributed by atoms with Gasteiger partial charge in [-0.25, -0.2) is 13.4 Å². The maximum absolute atomic E-state index is 12.9. The van der Waals surface area contributed by atoms with Gasteiger partial charge in [0.1, 0.15) is 5.65 Å². The fourth-order valence-electron chi connectivity index (χ4n) is 2.87. The Balaban J connectivity index is 2.12. The first-order valence-corrected chi connectivity index (χ1v) is 9.42. The Kier molecular flexibility index (Phi) is 3.26. The number of benzene rings is 1. The van der Waals surface area contributed by atoms with Gasteiger partial charge in [-0.1, -0.05) is 6.07 Å². The number of aromatic nitrogens is 4. The van der Waals surface area contributed by atoms with E-state index in [1.54, 1.807) is 36.0 Å². The van der Waals surface area contributed by atoms with Gasteiger partial charge in [0.2, 0.25) is 5.43 Å². The van der Waals surface area contributed by atoms with Crippen LogP contribution in [0.1, 0.15) is 5.69 Å². The molecule has 0 amide bonds. The second-order valence-electron chi connectivity index (χ2n) is 5.84. The van der Waals surface area contributed by atoms with Crippen LogP contribution in [0.4, 0.5) is 0 Å². The van der Waals surface area contributed by atoms with Crippen LogP contribution in [-0.2, 0) is 9.84 Å². The summed E-state index contributed by atoms with van der Waals surface area (Å²) in [6, 6.07) is 9.91. The Morgan fingerprint density at radius 3 is 2.64 bits per heavy atom. The zero-order valence-corrected chi connectivity index (χ0v) is 14.3. The highest BCUT2D eigenvalue weighted by atomic mass is 32.2. The second-order valence-corrected chi connectivity index (χ2v) is 7.86. The molecule has 126 valence electrons. The van der Waals surface area contributed by atoms with Crippen LogP contribution in [-0.4, -0.2) is 34.4 Å². The summed E-state index contributed by atoms with van der Waals surface area (Å²) < 4.78 is 25.1. The predicted molar refractivity (Wildman–Crippen MR) is 94.8 cm³/mol. The van der Waals surface area contributed by atoms with Crippen molar-refractivity contribution in [3.63, 3.8) is 0 Å². The predicted octanol–water partition coefficient (Wildman–Crippen LogP) is 1.97. The van der Waals surface area contributed by atoms with Crippen LogP contribution in [0.25, 0.3) is 27.8 Å². The minimum Gasteiger partial charge on any atom is -0.339 e. The quantitative estimate of drug-likeness (QED) is 0.593. The molecular formula is C17H14N4O3S. The number of nitrogens with one attached hydrogen (secondary N) is 1. The van der Waals surface area contributed by atoms with Crippen molar-refractivity contribution in [2.24, 2.45) is 0 Å². The Morgan fingerprint density at radius 1 is 1.16 bits per heavy atom. The summed E-state index contributed by atoms with van der Waals surface area (Å²) >= 11 is 0. The van der Waals surface area contributed by atoms with Crippen molar-refractivity contribution in [1.82, 2.24) is 19.7 Å². The third-order valence-corrected chi connectivity index (χ3v) is 5.18. The van der Waals surface area contributed by atoms with Crippen LogP contribution in [0.5, 0.6) is 0 Å². The van der Waals surface area contributed by atoms with Crippen LogP contribution < -0.4 is 5.43 Å². The molecule has 0 atom stereocenters. The zero-order valence-electron chi connectivity index (χ0n) is 13.5. The normalized spacial score (nSPS) is 12.1. The molecule has 0 spiro atoms. The standard InChI is InChI=1S/C17H14N4O3S/c1-10-15-16(22)12-9-11(25(2,23)24)6-7-13(12)19-17(15)21(20-10)14-5-3-4-8-18-14/h3-9H,1-2H3,(H,19,22). The van der Waals surface area contributed by atoms with Crippen molar-refractivity contribution in [3.8, 4) is 5.82 Å². The van der Waals surface area contributed by atoms with Crippen LogP contribution in [0.15, 0.2) is 52.3 Å². The number of aryl methyl sites for hydroxylation is 1. The largest absolute Gasteiger partial charge is 0.339 e. The van der Waals surface area contributed by atoms with Gasteiger partial charge < -0.3 is 4.98 Å². The average Bonchev–Trinajstić information content (AvgIpc) is 2.91. The van der Waals surface area contributed by atoms with Crippen molar-refractivity contribution in [2.45, 2.75) is 11.8 Å². The molecule has 4 aromatic rings. The van der Waals surface area contributed by atoms with E-state index in [9.17, 15) is 13.2 Å². The zero-order chi connectivity index (χ0) is 17.8. The summed E-state index contributed by atoms with van der Waals surface area (Å²) in [5.74, 6) is 0.586. The summed E-state index contributed by atoms with van der Waals surface area (Å²) in [5, 5.41) is 5.16. The Hall–Kier alpha value is -3.00. The van der Waals surface area contributed by atoms with Gasteiger partial charge in [-0.15, -0.1) is 0 Å². The summed E-state index contributed by atoms with van der Waals surface area (Å²) in [5.41, 5.74) is 1.37. The van der Waals surface area contributed by atoms with E-state index < -0.39 is 9.84 Å². The number of nitrogens with zero attached hydrogens (tertiary/aromatic N) is 3. The fourth-order valence-corrected chi connectivity index (χ4v) is 3.52. The van der Waals surface area contributed by atoms with Gasteiger partial charge in [-0.2, -0.15) is 9.78 Å². The first kappa shape index (κ1) is 15.5. The van der Waals surface area contributed by atoms with E-state index in [1.165, 1.54) is 12.1 Å². The Bertz CT molecular complexity index is 1290. The van der Waals surface area contributed by atoms with Crippen LogP contribution in [0.2, 0.25) is 0 Å². The van der Waals surface area contributed by atoms with Gasteiger partial charge in [0.25, 0.3) is 0 Å². The minimum absolute atomic E-state index is 0.111. The fraction of sp³-hybridized carbons (Fsp3) is 0.118. The number of hydrogen-bond donors (Lipinski definition) is 1. The van der Waals surface area contributed by atoms with Crippen molar-refractivity contribution < 1.29 is 8.42 Å². The lowest BCUT2D eigenvalue weighted by molar-refractivity contribution is 0.602. The summed E-state index contributed by atoms with van der Waals surface area (Å²) in [7, 11) is -3.40. The Labute approximate surface area is 142 Å². The molecule has 3 aromatic heterocycles. The van der Waals surface area contributed by atoms with Gasteiger partial charge in [0.15, 0.2) is 15.7 Å². The molecule has 8 heteroatoms. The summed E-state index contributed by atoms with van der Waals surface area (Å²) in [6.45, 7) is 1.74. The lowest BCUT2D eigenvalue weighted by atomic mass is 10.1. The molecule has 0 bridgehead atoms. The van der Waals surface area contributed by atoms with Crippen molar-refractivity contribution >= 4 is 31.8 Å². The molecule has 25 heavy (non-hydrogen) atoms. The number of sulfone groups is 1. The highest BCUT2D eigenvalue weighted by Crippen LogP contribution is 2.22. The van der Waals surface area contributed by atoms with E-state index in [4.69, 9.17) is 0 Å². The van der Waals surface area contributed by atoms with Gasteiger partial charge in [-0.3, -0.25) is 4.79 Å². The molecule has 0 fully saturated rings. The van der Waals surface area contributed by atoms with Gasteiger partial charge >= 0.3 is 0 Å². The monoisotopic (exact) mass is 354 g/mol. The third-order valence-electron chi connectivity index (χ3n) is 4.07. The molecule has 0 unspecified atom stereocenters. The molecule has 1 N–H and O–H groups in total. The van der Waals surface area contributed by atoms with E-state index in [1.807, 2.05) is 6.07 Å². The van der Waals surface area contributed by atoms with Crippen LogP contribution >= 0.6 is 0 Å². The maximum atomic E-state index is 12.9. The SMILES string of the molecule is Cc1nn(-c2ccccn2)c2[nH]c3ccc(S(C)(=O)=O)cc3c(=O)c12. The van der Waals surface area contributed by atoms with E-state index >= 15 is 0 Å². The molecule has 0 radical (unpaired) electrons.